The van der Waals surface area contributed by atoms with Gasteiger partial charge < -0.3 is 19.2 Å². The second-order valence-electron chi connectivity index (χ2n) is 6.28. The highest BCUT2D eigenvalue weighted by molar-refractivity contribution is 6.01. The van der Waals surface area contributed by atoms with Crippen molar-refractivity contribution in [3.63, 3.8) is 0 Å². The first-order chi connectivity index (χ1) is 13.0. The molecule has 0 spiro atoms. The van der Waals surface area contributed by atoms with Crippen molar-refractivity contribution in [2.24, 2.45) is 5.92 Å². The minimum Gasteiger partial charge on any atom is -0.490 e. The Morgan fingerprint density at radius 3 is 2.74 bits per heavy atom. The van der Waals surface area contributed by atoms with E-state index in [4.69, 9.17) is 13.9 Å². The first-order valence-electron chi connectivity index (χ1n) is 8.85. The average Bonchev–Trinajstić information content (AvgIpc) is 3.17. The fourth-order valence-corrected chi connectivity index (χ4v) is 2.25. The molecule has 0 unspecified atom stereocenters. The molecule has 1 heterocycles. The van der Waals surface area contributed by atoms with Gasteiger partial charge in [0.1, 0.15) is 17.4 Å². The first kappa shape index (κ1) is 20.1. The van der Waals surface area contributed by atoms with Gasteiger partial charge in [0.05, 0.1) is 26.0 Å². The van der Waals surface area contributed by atoms with Crippen LogP contribution < -0.4 is 14.8 Å². The molecule has 1 amide bonds. The highest BCUT2D eigenvalue weighted by Crippen LogP contribution is 2.29. The van der Waals surface area contributed by atoms with Crippen LogP contribution in [0, 0.1) is 17.2 Å². The third-order valence-electron chi connectivity index (χ3n) is 3.52. The summed E-state index contributed by atoms with van der Waals surface area (Å²) in [5.41, 5.74) is 0.680. The molecule has 0 fully saturated rings. The molecule has 1 aromatic heterocycles. The van der Waals surface area contributed by atoms with E-state index in [2.05, 4.69) is 19.2 Å². The summed E-state index contributed by atoms with van der Waals surface area (Å²) in [7, 11) is 0. The monoisotopic (exact) mass is 368 g/mol. The van der Waals surface area contributed by atoms with Crippen LogP contribution in [0.1, 0.15) is 32.1 Å². The quantitative estimate of drug-likeness (QED) is 0.535. The molecular weight excluding hydrogens is 344 g/mol. The number of nitrogens with one attached hydrogen (secondary N) is 1. The van der Waals surface area contributed by atoms with E-state index < -0.39 is 5.91 Å². The first-order valence-corrected chi connectivity index (χ1v) is 8.85. The van der Waals surface area contributed by atoms with Crippen LogP contribution in [0.2, 0.25) is 0 Å². The van der Waals surface area contributed by atoms with E-state index in [0.717, 1.165) is 0 Å². The number of carbonyl (C=O) groups excluding carboxylic acids is 1. The van der Waals surface area contributed by atoms with Crippen molar-refractivity contribution in [1.29, 1.82) is 5.26 Å². The van der Waals surface area contributed by atoms with E-state index in [0.29, 0.717) is 42.0 Å². The molecule has 2 aromatic rings. The van der Waals surface area contributed by atoms with E-state index in [9.17, 15) is 10.1 Å². The molecule has 0 saturated carbocycles. The van der Waals surface area contributed by atoms with Gasteiger partial charge in [-0.3, -0.25) is 4.79 Å². The summed E-state index contributed by atoms with van der Waals surface area (Å²) in [6.45, 7) is 7.30. The lowest BCUT2D eigenvalue weighted by atomic mass is 10.1. The molecule has 0 aliphatic carbocycles. The van der Waals surface area contributed by atoms with Gasteiger partial charge in [0.25, 0.3) is 5.91 Å². The van der Waals surface area contributed by atoms with Gasteiger partial charge in [-0.05, 0) is 48.7 Å². The minimum atomic E-state index is -0.466. The van der Waals surface area contributed by atoms with Gasteiger partial charge in [-0.1, -0.05) is 19.9 Å². The van der Waals surface area contributed by atoms with Crippen molar-refractivity contribution >= 4 is 12.0 Å². The molecule has 142 valence electrons. The third-order valence-corrected chi connectivity index (χ3v) is 3.52. The summed E-state index contributed by atoms with van der Waals surface area (Å²) in [4.78, 5) is 12.2. The average molecular weight is 368 g/mol. The second kappa shape index (κ2) is 10.1. The fraction of sp³-hybridized carbons (Fsp3) is 0.333. The van der Waals surface area contributed by atoms with Crippen LogP contribution in [-0.4, -0.2) is 19.1 Å². The zero-order valence-electron chi connectivity index (χ0n) is 15.8. The van der Waals surface area contributed by atoms with Gasteiger partial charge >= 0.3 is 0 Å². The summed E-state index contributed by atoms with van der Waals surface area (Å²) in [5.74, 6) is 1.77. The zero-order chi connectivity index (χ0) is 19.6. The Bertz CT molecular complexity index is 817. The largest absolute Gasteiger partial charge is 0.490 e. The van der Waals surface area contributed by atoms with Crippen molar-refractivity contribution < 1.29 is 18.7 Å². The molecule has 27 heavy (non-hydrogen) atoms. The number of carbonyl (C=O) groups is 1. The lowest BCUT2D eigenvalue weighted by Gasteiger charge is -2.14. The Morgan fingerprint density at radius 1 is 1.30 bits per heavy atom. The van der Waals surface area contributed by atoms with Crippen molar-refractivity contribution in [2.45, 2.75) is 27.3 Å². The number of nitrogens with zero attached hydrogens (tertiary/aromatic N) is 1. The molecule has 2 rings (SSSR count). The van der Waals surface area contributed by atoms with Crippen LogP contribution in [0.15, 0.2) is 46.6 Å². The third kappa shape index (κ3) is 6.23. The summed E-state index contributed by atoms with van der Waals surface area (Å²) >= 11 is 0. The van der Waals surface area contributed by atoms with Crippen LogP contribution in [0.5, 0.6) is 11.5 Å². The number of hydrogen-bond donors (Lipinski definition) is 1. The van der Waals surface area contributed by atoms with Crippen LogP contribution in [0.4, 0.5) is 0 Å². The molecule has 0 aliphatic rings. The molecule has 0 aliphatic heterocycles. The number of ether oxygens (including phenoxy) is 2. The van der Waals surface area contributed by atoms with Gasteiger partial charge in [-0.15, -0.1) is 0 Å². The number of benzene rings is 1. The summed E-state index contributed by atoms with van der Waals surface area (Å²) in [5, 5.41) is 12.0. The molecule has 1 aromatic carbocycles. The summed E-state index contributed by atoms with van der Waals surface area (Å²) in [6, 6.07) is 10.8. The van der Waals surface area contributed by atoms with Crippen molar-refractivity contribution in [1.82, 2.24) is 5.32 Å². The number of nitriles is 1. The Morgan fingerprint density at radius 2 is 2.11 bits per heavy atom. The summed E-state index contributed by atoms with van der Waals surface area (Å²) < 4.78 is 16.6. The second-order valence-corrected chi connectivity index (χ2v) is 6.28. The van der Waals surface area contributed by atoms with E-state index in [1.54, 1.807) is 30.3 Å². The standard InChI is InChI=1S/C21H24N2O4/c1-4-25-20-11-16(7-8-19(20)27-14-15(2)3)10-17(12-22)21(24)23-13-18-6-5-9-26-18/h5-11,15H,4,13-14H2,1-3H3,(H,23,24)/b17-10+. The Balaban J connectivity index is 2.14. The lowest BCUT2D eigenvalue weighted by Crippen LogP contribution is -2.23. The van der Waals surface area contributed by atoms with Crippen molar-refractivity contribution in [3.8, 4) is 17.6 Å². The molecule has 1 N–H and O–H groups in total. The topological polar surface area (TPSA) is 84.5 Å². The van der Waals surface area contributed by atoms with E-state index in [1.807, 2.05) is 13.0 Å². The van der Waals surface area contributed by atoms with Gasteiger partial charge in [0.15, 0.2) is 11.5 Å². The molecule has 0 bridgehead atoms. The highest BCUT2D eigenvalue weighted by atomic mass is 16.5. The molecule has 6 nitrogen and oxygen atoms in total. The maximum Gasteiger partial charge on any atom is 0.262 e. The Labute approximate surface area is 159 Å². The number of furan rings is 1. The van der Waals surface area contributed by atoms with E-state index in [1.165, 1.54) is 12.3 Å². The van der Waals surface area contributed by atoms with Gasteiger partial charge in [-0.2, -0.15) is 5.26 Å². The predicted molar refractivity (Wildman–Crippen MR) is 102 cm³/mol. The number of hydrogen-bond acceptors (Lipinski definition) is 5. The predicted octanol–water partition coefficient (Wildman–Crippen LogP) is 3.94. The van der Waals surface area contributed by atoms with E-state index >= 15 is 0 Å². The smallest absolute Gasteiger partial charge is 0.262 e. The minimum absolute atomic E-state index is 0.000136. The van der Waals surface area contributed by atoms with Crippen LogP contribution in [0.3, 0.4) is 0 Å². The highest BCUT2D eigenvalue weighted by Gasteiger charge is 2.12. The zero-order valence-corrected chi connectivity index (χ0v) is 15.8. The fourth-order valence-electron chi connectivity index (χ4n) is 2.25. The summed E-state index contributed by atoms with van der Waals surface area (Å²) in [6.07, 6.45) is 3.05. The molecular formula is C21H24N2O4. The normalized spacial score (nSPS) is 11.1. The van der Waals surface area contributed by atoms with Gasteiger partial charge in [0.2, 0.25) is 0 Å². The van der Waals surface area contributed by atoms with Crippen molar-refractivity contribution in [3.05, 3.63) is 53.5 Å². The maximum absolute atomic E-state index is 12.2. The van der Waals surface area contributed by atoms with Crippen LogP contribution in [0.25, 0.3) is 6.08 Å². The molecule has 0 radical (unpaired) electrons. The molecule has 0 atom stereocenters. The van der Waals surface area contributed by atoms with Crippen LogP contribution >= 0.6 is 0 Å². The van der Waals surface area contributed by atoms with Crippen LogP contribution in [-0.2, 0) is 11.3 Å². The van der Waals surface area contributed by atoms with Crippen molar-refractivity contribution in [2.75, 3.05) is 13.2 Å². The maximum atomic E-state index is 12.2. The van der Waals surface area contributed by atoms with E-state index in [-0.39, 0.29) is 12.1 Å². The molecule has 6 heteroatoms. The Kier molecular flexibility index (Phi) is 7.50. The lowest BCUT2D eigenvalue weighted by molar-refractivity contribution is -0.117. The molecule has 0 saturated heterocycles. The number of rotatable bonds is 9. The number of amides is 1. The SMILES string of the molecule is CCOc1cc(/C=C(\C#N)C(=O)NCc2ccco2)ccc1OCC(C)C. The Hall–Kier alpha value is -3.20. The van der Waals surface area contributed by atoms with Gasteiger partial charge in [-0.25, -0.2) is 0 Å². The van der Waals surface area contributed by atoms with Gasteiger partial charge in [0, 0.05) is 0 Å².